The maximum Gasteiger partial charge on any atom is 0.253 e. The number of piperidine rings is 1. The van der Waals surface area contributed by atoms with E-state index in [1.807, 2.05) is 12.1 Å². The molecule has 1 saturated heterocycles. The first-order valence-electron chi connectivity index (χ1n) is 9.51. The normalized spacial score (nSPS) is 17.2. The molecule has 3 N–H and O–H groups in total. The van der Waals surface area contributed by atoms with Crippen molar-refractivity contribution < 1.29 is 14.3 Å². The molecule has 1 fully saturated rings. The Balaban J connectivity index is 1.90. The van der Waals surface area contributed by atoms with Gasteiger partial charge < -0.3 is 20.7 Å². The van der Waals surface area contributed by atoms with Gasteiger partial charge in [0.1, 0.15) is 5.75 Å². The zero-order valence-electron chi connectivity index (χ0n) is 15.9. The van der Waals surface area contributed by atoms with Crippen molar-refractivity contribution in [3.05, 3.63) is 29.8 Å². The number of ether oxygens (including phenoxy) is 1. The molecule has 0 aromatic heterocycles. The predicted octanol–water partition coefficient (Wildman–Crippen LogP) is 2.04. The summed E-state index contributed by atoms with van der Waals surface area (Å²) in [5.74, 6) is 1.18. The maximum atomic E-state index is 12.7. The number of nitrogens with zero attached hydrogens (tertiary/aromatic N) is 1. The summed E-state index contributed by atoms with van der Waals surface area (Å²) < 4.78 is 5.70. The number of hydrogen-bond acceptors (Lipinski definition) is 4. The Morgan fingerprint density at radius 1 is 1.31 bits per heavy atom. The van der Waals surface area contributed by atoms with E-state index in [9.17, 15) is 9.59 Å². The van der Waals surface area contributed by atoms with E-state index in [4.69, 9.17) is 10.5 Å². The zero-order valence-corrected chi connectivity index (χ0v) is 15.9. The molecular weight excluding hydrogens is 330 g/mol. The molecule has 1 aliphatic heterocycles. The molecular formula is C20H31N3O3. The fourth-order valence-electron chi connectivity index (χ4n) is 3.00. The summed E-state index contributed by atoms with van der Waals surface area (Å²) in [6.07, 6.45) is 2.65. The maximum absolute atomic E-state index is 12.7. The number of carbonyl (C=O) groups is 2. The quantitative estimate of drug-likeness (QED) is 0.742. The van der Waals surface area contributed by atoms with Crippen LogP contribution in [0.5, 0.6) is 5.75 Å². The number of nitrogens with one attached hydrogen (secondary N) is 1. The van der Waals surface area contributed by atoms with Gasteiger partial charge in [-0.1, -0.05) is 13.8 Å². The van der Waals surface area contributed by atoms with Crippen LogP contribution in [-0.4, -0.2) is 49.5 Å². The minimum atomic E-state index is -0.155. The third-order valence-electron chi connectivity index (χ3n) is 4.59. The minimum Gasteiger partial charge on any atom is -0.494 e. The molecule has 1 heterocycles. The molecule has 1 atom stereocenters. The number of hydrogen-bond donors (Lipinski definition) is 2. The van der Waals surface area contributed by atoms with Gasteiger partial charge in [-0.15, -0.1) is 0 Å². The predicted molar refractivity (Wildman–Crippen MR) is 102 cm³/mol. The van der Waals surface area contributed by atoms with Crippen molar-refractivity contribution in [2.45, 2.75) is 33.1 Å². The second-order valence-corrected chi connectivity index (χ2v) is 7.23. The molecule has 1 aromatic carbocycles. The number of carbonyl (C=O) groups excluding carboxylic acids is 2. The van der Waals surface area contributed by atoms with Crippen molar-refractivity contribution in [3.63, 3.8) is 0 Å². The van der Waals surface area contributed by atoms with Gasteiger partial charge in [-0.25, -0.2) is 0 Å². The van der Waals surface area contributed by atoms with Crippen molar-refractivity contribution in [2.24, 2.45) is 17.6 Å². The molecule has 0 spiro atoms. The highest BCUT2D eigenvalue weighted by Gasteiger charge is 2.28. The van der Waals surface area contributed by atoms with Crippen LogP contribution >= 0.6 is 0 Å². The largest absolute Gasteiger partial charge is 0.494 e. The van der Waals surface area contributed by atoms with Crippen molar-refractivity contribution in [3.8, 4) is 5.75 Å². The molecule has 6 heteroatoms. The SMILES string of the molecule is CC(C)CCOc1ccc(C(=O)N2CCCC(C(=O)NCCN)C2)cc1. The van der Waals surface area contributed by atoms with Gasteiger partial charge >= 0.3 is 0 Å². The lowest BCUT2D eigenvalue weighted by molar-refractivity contribution is -0.126. The number of benzene rings is 1. The number of rotatable bonds is 8. The van der Waals surface area contributed by atoms with Crippen LogP contribution in [0.15, 0.2) is 24.3 Å². The van der Waals surface area contributed by atoms with Gasteiger partial charge in [-0.3, -0.25) is 9.59 Å². The third-order valence-corrected chi connectivity index (χ3v) is 4.59. The molecule has 1 unspecified atom stereocenters. The Labute approximate surface area is 156 Å². The highest BCUT2D eigenvalue weighted by molar-refractivity contribution is 5.94. The molecule has 144 valence electrons. The van der Waals surface area contributed by atoms with Crippen LogP contribution in [0.25, 0.3) is 0 Å². The smallest absolute Gasteiger partial charge is 0.253 e. The highest BCUT2D eigenvalue weighted by atomic mass is 16.5. The van der Waals surface area contributed by atoms with E-state index in [0.29, 0.717) is 44.3 Å². The number of amides is 2. The Morgan fingerprint density at radius 2 is 2.04 bits per heavy atom. The van der Waals surface area contributed by atoms with Crippen LogP contribution in [0, 0.1) is 11.8 Å². The monoisotopic (exact) mass is 361 g/mol. The molecule has 6 nitrogen and oxygen atoms in total. The fraction of sp³-hybridized carbons (Fsp3) is 0.600. The zero-order chi connectivity index (χ0) is 18.9. The van der Waals surface area contributed by atoms with Gasteiger partial charge in [0, 0.05) is 31.7 Å². The van der Waals surface area contributed by atoms with Gasteiger partial charge in [-0.2, -0.15) is 0 Å². The summed E-state index contributed by atoms with van der Waals surface area (Å²) in [6, 6.07) is 7.27. The minimum absolute atomic E-state index is 0.0122. The van der Waals surface area contributed by atoms with Crippen LogP contribution in [0.1, 0.15) is 43.5 Å². The van der Waals surface area contributed by atoms with Crippen LogP contribution in [0.2, 0.25) is 0 Å². The molecule has 0 aliphatic carbocycles. The lowest BCUT2D eigenvalue weighted by atomic mass is 9.96. The van der Waals surface area contributed by atoms with Crippen molar-refractivity contribution in [2.75, 3.05) is 32.8 Å². The summed E-state index contributed by atoms with van der Waals surface area (Å²) in [4.78, 5) is 26.6. The first kappa shape index (κ1) is 20.2. The first-order chi connectivity index (χ1) is 12.5. The molecule has 1 aliphatic rings. The average molecular weight is 361 g/mol. The standard InChI is InChI=1S/C20H31N3O3/c1-15(2)9-13-26-18-7-5-16(6-8-18)20(25)23-12-3-4-17(14-23)19(24)22-11-10-21/h5-8,15,17H,3-4,9-14,21H2,1-2H3,(H,22,24). The van der Waals surface area contributed by atoms with Crippen molar-refractivity contribution in [1.82, 2.24) is 10.2 Å². The average Bonchev–Trinajstić information content (AvgIpc) is 2.66. The Kier molecular flexibility index (Phi) is 7.91. The lowest BCUT2D eigenvalue weighted by Crippen LogP contribution is -2.46. The second kappa shape index (κ2) is 10.2. The van der Waals surface area contributed by atoms with Gasteiger partial charge in [0.2, 0.25) is 5.91 Å². The summed E-state index contributed by atoms with van der Waals surface area (Å²) in [5, 5.41) is 2.82. The summed E-state index contributed by atoms with van der Waals surface area (Å²) >= 11 is 0. The van der Waals surface area contributed by atoms with E-state index >= 15 is 0 Å². The molecule has 0 bridgehead atoms. The number of likely N-dealkylation sites (tertiary alicyclic amines) is 1. The molecule has 0 radical (unpaired) electrons. The van der Waals surface area contributed by atoms with Gasteiger partial charge in [0.15, 0.2) is 0 Å². The van der Waals surface area contributed by atoms with Crippen molar-refractivity contribution in [1.29, 1.82) is 0 Å². The Hall–Kier alpha value is -2.08. The Morgan fingerprint density at radius 3 is 2.69 bits per heavy atom. The Bertz CT molecular complexity index is 586. The topological polar surface area (TPSA) is 84.7 Å². The fourth-order valence-corrected chi connectivity index (χ4v) is 3.00. The highest BCUT2D eigenvalue weighted by Crippen LogP contribution is 2.20. The van der Waals surface area contributed by atoms with Crippen LogP contribution in [0.3, 0.4) is 0 Å². The molecule has 0 saturated carbocycles. The summed E-state index contributed by atoms with van der Waals surface area (Å²) in [7, 11) is 0. The molecule has 2 amide bonds. The molecule has 26 heavy (non-hydrogen) atoms. The van der Waals surface area contributed by atoms with E-state index in [-0.39, 0.29) is 17.7 Å². The third kappa shape index (κ3) is 6.02. The van der Waals surface area contributed by atoms with Gasteiger partial charge in [0.05, 0.1) is 12.5 Å². The molecule has 2 rings (SSSR count). The second-order valence-electron chi connectivity index (χ2n) is 7.23. The van der Waals surface area contributed by atoms with E-state index < -0.39 is 0 Å². The van der Waals surface area contributed by atoms with Crippen LogP contribution in [-0.2, 0) is 4.79 Å². The van der Waals surface area contributed by atoms with E-state index in [2.05, 4.69) is 19.2 Å². The van der Waals surface area contributed by atoms with E-state index in [1.54, 1.807) is 17.0 Å². The summed E-state index contributed by atoms with van der Waals surface area (Å²) in [6.45, 7) is 7.04. The van der Waals surface area contributed by atoms with Crippen LogP contribution in [0.4, 0.5) is 0 Å². The van der Waals surface area contributed by atoms with Crippen molar-refractivity contribution >= 4 is 11.8 Å². The van der Waals surface area contributed by atoms with Gasteiger partial charge in [-0.05, 0) is 49.4 Å². The lowest BCUT2D eigenvalue weighted by Gasteiger charge is -2.32. The van der Waals surface area contributed by atoms with E-state index in [1.165, 1.54) is 0 Å². The van der Waals surface area contributed by atoms with Gasteiger partial charge in [0.25, 0.3) is 5.91 Å². The van der Waals surface area contributed by atoms with Crippen LogP contribution < -0.4 is 15.8 Å². The van der Waals surface area contributed by atoms with E-state index in [0.717, 1.165) is 25.0 Å². The first-order valence-corrected chi connectivity index (χ1v) is 9.51. The summed E-state index contributed by atoms with van der Waals surface area (Å²) in [5.41, 5.74) is 6.05. The number of nitrogens with two attached hydrogens (primary N) is 1. The molecule has 1 aromatic rings.